The highest BCUT2D eigenvalue weighted by Gasteiger charge is 2.05. The van der Waals surface area contributed by atoms with E-state index < -0.39 is 0 Å². The zero-order valence-electron chi connectivity index (χ0n) is 11.0. The highest BCUT2D eigenvalue weighted by Crippen LogP contribution is 2.18. The van der Waals surface area contributed by atoms with E-state index in [1.54, 1.807) is 11.8 Å². The van der Waals surface area contributed by atoms with Crippen LogP contribution in [-0.4, -0.2) is 28.8 Å². The first kappa shape index (κ1) is 14.3. The normalized spacial score (nSPS) is 10.6. The second-order valence-electron chi connectivity index (χ2n) is 3.91. The van der Waals surface area contributed by atoms with Crippen LogP contribution in [0.1, 0.15) is 11.5 Å². The number of thioether (sulfide) groups is 2. The van der Waals surface area contributed by atoms with E-state index in [1.807, 2.05) is 37.4 Å². The van der Waals surface area contributed by atoms with Crippen LogP contribution in [0.5, 0.6) is 5.75 Å². The van der Waals surface area contributed by atoms with Crippen molar-refractivity contribution in [1.82, 2.24) is 10.2 Å². The molecule has 4 nitrogen and oxygen atoms in total. The quantitative estimate of drug-likeness (QED) is 0.576. The summed E-state index contributed by atoms with van der Waals surface area (Å²) in [7, 11) is 0. The highest BCUT2D eigenvalue weighted by atomic mass is 32.2. The summed E-state index contributed by atoms with van der Waals surface area (Å²) in [5.41, 5.74) is 1.20. The summed E-state index contributed by atoms with van der Waals surface area (Å²) in [4.78, 5) is 0. The van der Waals surface area contributed by atoms with Crippen molar-refractivity contribution in [1.29, 1.82) is 0 Å². The number of aryl methyl sites for hydroxylation is 1. The Hall–Kier alpha value is -1.14. The lowest BCUT2D eigenvalue weighted by atomic mass is 10.2. The first-order valence-corrected chi connectivity index (χ1v) is 8.29. The smallest absolute Gasteiger partial charge is 0.276 e. The van der Waals surface area contributed by atoms with Gasteiger partial charge in [-0.25, -0.2) is 0 Å². The van der Waals surface area contributed by atoms with Crippen LogP contribution in [0, 0.1) is 6.92 Å². The average Bonchev–Trinajstić information content (AvgIpc) is 2.83. The van der Waals surface area contributed by atoms with Gasteiger partial charge in [0.1, 0.15) is 5.75 Å². The van der Waals surface area contributed by atoms with E-state index >= 15 is 0 Å². The van der Waals surface area contributed by atoms with Gasteiger partial charge in [0.25, 0.3) is 5.22 Å². The van der Waals surface area contributed by atoms with Gasteiger partial charge in [-0.3, -0.25) is 0 Å². The molecule has 6 heteroatoms. The molecule has 1 heterocycles. The standard InChI is InChI=1S/C13H16N2O2S2/c1-10-4-3-5-11(8-10)16-6-7-19-13-15-14-12(17-13)9-18-2/h3-5,8H,6-7,9H2,1-2H3. The molecule has 0 aliphatic carbocycles. The molecule has 0 unspecified atom stereocenters. The second-order valence-corrected chi connectivity index (χ2v) is 5.82. The molecule has 0 N–H and O–H groups in total. The van der Waals surface area contributed by atoms with Crippen molar-refractivity contribution in [3.05, 3.63) is 35.7 Å². The number of benzene rings is 1. The fourth-order valence-electron chi connectivity index (χ4n) is 1.47. The molecular weight excluding hydrogens is 280 g/mol. The molecule has 0 aliphatic heterocycles. The Morgan fingerprint density at radius 2 is 2.21 bits per heavy atom. The second kappa shape index (κ2) is 7.45. The van der Waals surface area contributed by atoms with Gasteiger partial charge >= 0.3 is 0 Å². The van der Waals surface area contributed by atoms with Gasteiger partial charge in [0.05, 0.1) is 12.4 Å². The number of hydrogen-bond acceptors (Lipinski definition) is 6. The largest absolute Gasteiger partial charge is 0.493 e. The highest BCUT2D eigenvalue weighted by molar-refractivity contribution is 7.99. The lowest BCUT2D eigenvalue weighted by Gasteiger charge is -2.05. The number of aromatic nitrogens is 2. The third-order valence-corrected chi connectivity index (χ3v) is 3.60. The van der Waals surface area contributed by atoms with Crippen molar-refractivity contribution in [2.24, 2.45) is 0 Å². The van der Waals surface area contributed by atoms with Crippen LogP contribution in [0.3, 0.4) is 0 Å². The zero-order valence-corrected chi connectivity index (χ0v) is 12.6. The Kier molecular flexibility index (Phi) is 5.60. The summed E-state index contributed by atoms with van der Waals surface area (Å²) in [5.74, 6) is 3.12. The van der Waals surface area contributed by atoms with Crippen molar-refractivity contribution in [2.45, 2.75) is 17.9 Å². The monoisotopic (exact) mass is 296 g/mol. The Morgan fingerprint density at radius 3 is 3.00 bits per heavy atom. The predicted molar refractivity (Wildman–Crippen MR) is 78.9 cm³/mol. The van der Waals surface area contributed by atoms with Gasteiger partial charge in [0, 0.05) is 5.75 Å². The molecule has 0 aliphatic rings. The van der Waals surface area contributed by atoms with E-state index in [1.165, 1.54) is 17.3 Å². The summed E-state index contributed by atoms with van der Waals surface area (Å²) in [6.07, 6.45) is 2.01. The molecule has 0 amide bonds. The Bertz CT molecular complexity index is 517. The molecule has 0 fully saturated rings. The minimum absolute atomic E-state index is 0.608. The van der Waals surface area contributed by atoms with Crippen molar-refractivity contribution >= 4 is 23.5 Å². The van der Waals surface area contributed by atoms with E-state index in [-0.39, 0.29) is 0 Å². The zero-order chi connectivity index (χ0) is 13.5. The molecule has 1 aromatic heterocycles. The Morgan fingerprint density at radius 1 is 1.32 bits per heavy atom. The molecule has 0 radical (unpaired) electrons. The van der Waals surface area contributed by atoms with E-state index in [9.17, 15) is 0 Å². The minimum Gasteiger partial charge on any atom is -0.493 e. The molecular formula is C13H16N2O2S2. The molecule has 1 aromatic carbocycles. The molecule has 102 valence electrons. The maximum atomic E-state index is 5.65. The average molecular weight is 296 g/mol. The van der Waals surface area contributed by atoms with Gasteiger partial charge in [-0.1, -0.05) is 23.9 Å². The van der Waals surface area contributed by atoms with Gasteiger partial charge in [-0.2, -0.15) is 11.8 Å². The van der Waals surface area contributed by atoms with E-state index in [0.29, 0.717) is 17.7 Å². The van der Waals surface area contributed by atoms with Gasteiger partial charge < -0.3 is 9.15 Å². The predicted octanol–water partition coefficient (Wildman–Crippen LogP) is 3.41. The first-order chi connectivity index (χ1) is 9.28. The third kappa shape index (κ3) is 4.80. The Balaban J connectivity index is 1.71. The molecule has 0 spiro atoms. The summed E-state index contributed by atoms with van der Waals surface area (Å²) < 4.78 is 11.1. The van der Waals surface area contributed by atoms with Crippen LogP contribution >= 0.6 is 23.5 Å². The van der Waals surface area contributed by atoms with E-state index in [2.05, 4.69) is 10.2 Å². The van der Waals surface area contributed by atoms with E-state index in [4.69, 9.17) is 9.15 Å². The van der Waals surface area contributed by atoms with Crippen molar-refractivity contribution in [2.75, 3.05) is 18.6 Å². The minimum atomic E-state index is 0.608. The van der Waals surface area contributed by atoms with Gasteiger partial charge in [0.15, 0.2) is 0 Å². The van der Waals surface area contributed by atoms with Crippen LogP contribution in [-0.2, 0) is 5.75 Å². The van der Waals surface area contributed by atoms with Crippen LogP contribution < -0.4 is 4.74 Å². The number of hydrogen-bond donors (Lipinski definition) is 0. The molecule has 0 atom stereocenters. The molecule has 19 heavy (non-hydrogen) atoms. The van der Waals surface area contributed by atoms with Crippen molar-refractivity contribution < 1.29 is 9.15 Å². The topological polar surface area (TPSA) is 48.2 Å². The molecule has 2 rings (SSSR count). The van der Waals surface area contributed by atoms with Crippen molar-refractivity contribution in [3.63, 3.8) is 0 Å². The molecule has 2 aromatic rings. The Labute approximate surface area is 121 Å². The number of ether oxygens (including phenoxy) is 1. The number of rotatable bonds is 7. The first-order valence-electron chi connectivity index (χ1n) is 5.91. The van der Waals surface area contributed by atoms with Gasteiger partial charge in [-0.05, 0) is 30.9 Å². The maximum Gasteiger partial charge on any atom is 0.276 e. The molecule has 0 saturated heterocycles. The van der Waals surface area contributed by atoms with Crippen LogP contribution in [0.4, 0.5) is 0 Å². The van der Waals surface area contributed by atoms with E-state index in [0.717, 1.165) is 17.3 Å². The molecule has 0 saturated carbocycles. The van der Waals surface area contributed by atoms with Gasteiger partial charge in [0.2, 0.25) is 5.89 Å². The van der Waals surface area contributed by atoms with Gasteiger partial charge in [-0.15, -0.1) is 10.2 Å². The van der Waals surface area contributed by atoms with Crippen LogP contribution in [0.25, 0.3) is 0 Å². The van der Waals surface area contributed by atoms with Crippen LogP contribution in [0.2, 0.25) is 0 Å². The fourth-order valence-corrected chi connectivity index (χ4v) is 2.43. The third-order valence-electron chi connectivity index (χ3n) is 2.28. The maximum absolute atomic E-state index is 5.65. The summed E-state index contributed by atoms with van der Waals surface area (Å²) in [6.45, 7) is 2.67. The number of nitrogens with zero attached hydrogens (tertiary/aromatic N) is 2. The SMILES string of the molecule is CSCc1nnc(SCCOc2cccc(C)c2)o1. The van der Waals surface area contributed by atoms with Crippen molar-refractivity contribution in [3.8, 4) is 5.75 Å². The molecule has 0 bridgehead atoms. The summed E-state index contributed by atoms with van der Waals surface area (Å²) >= 11 is 3.18. The fraction of sp³-hybridized carbons (Fsp3) is 0.385. The van der Waals surface area contributed by atoms with Crippen LogP contribution in [0.15, 0.2) is 33.9 Å². The lowest BCUT2D eigenvalue weighted by Crippen LogP contribution is -2.00. The summed E-state index contributed by atoms with van der Waals surface area (Å²) in [6, 6.07) is 8.02. The lowest BCUT2D eigenvalue weighted by molar-refractivity contribution is 0.342. The summed E-state index contributed by atoms with van der Waals surface area (Å²) in [5, 5.41) is 8.53.